The van der Waals surface area contributed by atoms with Crippen LogP contribution in [-0.4, -0.2) is 31.4 Å². The molecule has 18 heavy (non-hydrogen) atoms. The van der Waals surface area contributed by atoms with E-state index < -0.39 is 12.0 Å². The molecule has 6 nitrogen and oxygen atoms in total. The van der Waals surface area contributed by atoms with E-state index in [1.807, 2.05) is 0 Å². The molecule has 2 N–H and O–H groups in total. The molecular weight excluding hydrogens is 236 g/mol. The summed E-state index contributed by atoms with van der Waals surface area (Å²) in [5.74, 6) is -0.575. The highest BCUT2D eigenvalue weighted by molar-refractivity contribution is 5.95. The standard InChI is InChI=1S/C12H14N2O4/c1-8(15)9-3-5-10(6-4-9)14-12(17)13-7-11(16)18-2/h3-6H,7H2,1-2H3,(H2,13,14,17). The maximum atomic E-state index is 11.4. The topological polar surface area (TPSA) is 84.5 Å². The van der Waals surface area contributed by atoms with Gasteiger partial charge >= 0.3 is 12.0 Å². The second-order valence-electron chi connectivity index (χ2n) is 3.52. The zero-order valence-electron chi connectivity index (χ0n) is 10.1. The number of anilines is 1. The van der Waals surface area contributed by atoms with Crippen LogP contribution in [0, 0.1) is 0 Å². The van der Waals surface area contributed by atoms with Crippen molar-refractivity contribution in [2.75, 3.05) is 19.0 Å². The predicted octanol–water partition coefficient (Wildman–Crippen LogP) is 1.18. The van der Waals surface area contributed by atoms with Crippen LogP contribution in [0.5, 0.6) is 0 Å². The van der Waals surface area contributed by atoms with Gasteiger partial charge in [-0.3, -0.25) is 9.59 Å². The average molecular weight is 250 g/mol. The number of nitrogens with one attached hydrogen (secondary N) is 2. The van der Waals surface area contributed by atoms with Crippen molar-refractivity contribution in [2.24, 2.45) is 0 Å². The molecule has 96 valence electrons. The van der Waals surface area contributed by atoms with Gasteiger partial charge in [-0.25, -0.2) is 4.79 Å². The number of ketones is 1. The summed E-state index contributed by atoms with van der Waals surface area (Å²) in [6, 6.07) is 5.91. The number of Topliss-reactive ketones (excluding diaryl/α,β-unsaturated/α-hetero) is 1. The fraction of sp³-hybridized carbons (Fsp3) is 0.250. The van der Waals surface area contributed by atoms with Gasteiger partial charge in [0.25, 0.3) is 0 Å². The number of esters is 1. The summed E-state index contributed by atoms with van der Waals surface area (Å²) in [5.41, 5.74) is 1.10. The van der Waals surface area contributed by atoms with Crippen LogP contribution < -0.4 is 10.6 Å². The second kappa shape index (κ2) is 6.39. The predicted molar refractivity (Wildman–Crippen MR) is 65.5 cm³/mol. The Hall–Kier alpha value is -2.37. The third kappa shape index (κ3) is 4.25. The molecule has 0 unspecified atom stereocenters. The third-order valence-electron chi connectivity index (χ3n) is 2.17. The molecule has 2 amide bonds. The van der Waals surface area contributed by atoms with E-state index >= 15 is 0 Å². The summed E-state index contributed by atoms with van der Waals surface area (Å²) in [6.07, 6.45) is 0. The lowest BCUT2D eigenvalue weighted by Gasteiger charge is -2.06. The Morgan fingerprint density at radius 1 is 1.17 bits per heavy atom. The molecule has 1 aromatic carbocycles. The summed E-state index contributed by atoms with van der Waals surface area (Å²) >= 11 is 0. The Kier molecular flexibility index (Phi) is 4.86. The van der Waals surface area contributed by atoms with Gasteiger partial charge < -0.3 is 15.4 Å². The van der Waals surface area contributed by atoms with Gasteiger partial charge in [0.15, 0.2) is 5.78 Å². The normalized spacial score (nSPS) is 9.44. The van der Waals surface area contributed by atoms with Crippen molar-refractivity contribution in [1.29, 1.82) is 0 Å². The Bertz CT molecular complexity index is 454. The fourth-order valence-corrected chi connectivity index (χ4v) is 1.19. The lowest BCUT2D eigenvalue weighted by Crippen LogP contribution is -2.33. The maximum Gasteiger partial charge on any atom is 0.325 e. The molecule has 0 heterocycles. The molecule has 0 aromatic heterocycles. The molecule has 0 radical (unpaired) electrons. The summed E-state index contributed by atoms with van der Waals surface area (Å²) in [4.78, 5) is 33.2. The van der Waals surface area contributed by atoms with E-state index in [1.165, 1.54) is 14.0 Å². The van der Waals surface area contributed by atoms with Crippen LogP contribution in [0.1, 0.15) is 17.3 Å². The number of rotatable bonds is 4. The highest BCUT2D eigenvalue weighted by atomic mass is 16.5. The highest BCUT2D eigenvalue weighted by Crippen LogP contribution is 2.09. The maximum absolute atomic E-state index is 11.4. The second-order valence-corrected chi connectivity index (χ2v) is 3.52. The van der Waals surface area contributed by atoms with Crippen molar-refractivity contribution in [2.45, 2.75) is 6.92 Å². The van der Waals surface area contributed by atoms with E-state index in [-0.39, 0.29) is 12.3 Å². The van der Waals surface area contributed by atoms with Gasteiger partial charge in [-0.15, -0.1) is 0 Å². The first-order valence-electron chi connectivity index (χ1n) is 5.25. The lowest BCUT2D eigenvalue weighted by molar-refractivity contribution is -0.139. The Morgan fingerprint density at radius 3 is 2.28 bits per heavy atom. The first-order valence-corrected chi connectivity index (χ1v) is 5.25. The smallest absolute Gasteiger partial charge is 0.325 e. The molecule has 0 aliphatic carbocycles. The minimum Gasteiger partial charge on any atom is -0.468 e. The van der Waals surface area contributed by atoms with Crippen LogP contribution >= 0.6 is 0 Å². The zero-order valence-corrected chi connectivity index (χ0v) is 10.1. The first kappa shape index (κ1) is 13.7. The number of urea groups is 1. The van der Waals surface area contributed by atoms with Gasteiger partial charge in [-0.2, -0.15) is 0 Å². The third-order valence-corrected chi connectivity index (χ3v) is 2.17. The molecule has 0 saturated carbocycles. The van der Waals surface area contributed by atoms with Crippen LogP contribution in [0.3, 0.4) is 0 Å². The number of carbonyl (C=O) groups excluding carboxylic acids is 3. The molecule has 0 atom stereocenters. The molecule has 0 spiro atoms. The Labute approximate surface area is 104 Å². The molecule has 0 saturated heterocycles. The Balaban J connectivity index is 2.49. The van der Waals surface area contributed by atoms with E-state index in [2.05, 4.69) is 15.4 Å². The Morgan fingerprint density at radius 2 is 1.78 bits per heavy atom. The van der Waals surface area contributed by atoms with Crippen LogP contribution in [0.15, 0.2) is 24.3 Å². The highest BCUT2D eigenvalue weighted by Gasteiger charge is 2.05. The number of hydrogen-bond acceptors (Lipinski definition) is 4. The average Bonchev–Trinajstić information content (AvgIpc) is 2.36. The number of carbonyl (C=O) groups is 3. The minimum atomic E-state index is -0.530. The van der Waals surface area contributed by atoms with E-state index in [9.17, 15) is 14.4 Å². The molecule has 1 rings (SSSR count). The van der Waals surface area contributed by atoms with Gasteiger partial charge in [-0.05, 0) is 31.2 Å². The number of hydrogen-bond donors (Lipinski definition) is 2. The van der Waals surface area contributed by atoms with Crippen molar-refractivity contribution in [3.8, 4) is 0 Å². The van der Waals surface area contributed by atoms with Crippen molar-refractivity contribution in [1.82, 2.24) is 5.32 Å². The van der Waals surface area contributed by atoms with Gasteiger partial charge in [-0.1, -0.05) is 0 Å². The molecule has 1 aromatic rings. The van der Waals surface area contributed by atoms with Crippen LogP contribution in [0.4, 0.5) is 10.5 Å². The van der Waals surface area contributed by atoms with Crippen LogP contribution in [-0.2, 0) is 9.53 Å². The summed E-state index contributed by atoms with van der Waals surface area (Å²) in [5, 5.41) is 4.85. The molecule has 0 aliphatic rings. The van der Waals surface area contributed by atoms with Crippen LogP contribution in [0.2, 0.25) is 0 Å². The lowest BCUT2D eigenvalue weighted by atomic mass is 10.1. The van der Waals surface area contributed by atoms with Crippen LogP contribution in [0.25, 0.3) is 0 Å². The molecule has 0 aliphatic heterocycles. The van der Waals surface area contributed by atoms with Gasteiger partial charge in [0.05, 0.1) is 7.11 Å². The summed E-state index contributed by atoms with van der Waals surface area (Å²) in [7, 11) is 1.24. The summed E-state index contributed by atoms with van der Waals surface area (Å²) < 4.78 is 4.37. The van der Waals surface area contributed by atoms with Crippen molar-refractivity contribution in [3.63, 3.8) is 0 Å². The van der Waals surface area contributed by atoms with Crippen molar-refractivity contribution in [3.05, 3.63) is 29.8 Å². The van der Waals surface area contributed by atoms with Gasteiger partial charge in [0.1, 0.15) is 6.54 Å². The van der Waals surface area contributed by atoms with Gasteiger partial charge in [0, 0.05) is 11.3 Å². The first-order chi connectivity index (χ1) is 8.52. The van der Waals surface area contributed by atoms with Crippen molar-refractivity contribution >= 4 is 23.5 Å². The van der Waals surface area contributed by atoms with E-state index in [0.717, 1.165) is 0 Å². The van der Waals surface area contributed by atoms with E-state index in [0.29, 0.717) is 11.3 Å². The zero-order chi connectivity index (χ0) is 13.5. The van der Waals surface area contributed by atoms with E-state index in [4.69, 9.17) is 0 Å². The number of methoxy groups -OCH3 is 1. The minimum absolute atomic E-state index is 0.0447. The number of amides is 2. The largest absolute Gasteiger partial charge is 0.468 e. The molecule has 0 fully saturated rings. The van der Waals surface area contributed by atoms with Gasteiger partial charge in [0.2, 0.25) is 0 Å². The molecule has 6 heteroatoms. The molecule has 0 bridgehead atoms. The SMILES string of the molecule is COC(=O)CNC(=O)Nc1ccc(C(C)=O)cc1. The molecular formula is C12H14N2O4. The monoisotopic (exact) mass is 250 g/mol. The quantitative estimate of drug-likeness (QED) is 0.620. The summed E-state index contributed by atoms with van der Waals surface area (Å²) in [6.45, 7) is 1.26. The number of ether oxygens (including phenoxy) is 1. The number of benzene rings is 1. The van der Waals surface area contributed by atoms with E-state index in [1.54, 1.807) is 24.3 Å². The fourth-order valence-electron chi connectivity index (χ4n) is 1.19. The van der Waals surface area contributed by atoms with Crippen molar-refractivity contribution < 1.29 is 19.1 Å².